The van der Waals surface area contributed by atoms with Gasteiger partial charge in [0.1, 0.15) is 12.4 Å². The molecule has 0 saturated carbocycles. The van der Waals surface area contributed by atoms with Gasteiger partial charge in [-0.15, -0.1) is 0 Å². The van der Waals surface area contributed by atoms with E-state index in [-0.39, 0.29) is 6.10 Å². The maximum atomic E-state index is 10.7. The molecule has 2 rings (SSSR count). The van der Waals surface area contributed by atoms with E-state index in [1.807, 2.05) is 12.1 Å². The van der Waals surface area contributed by atoms with Gasteiger partial charge >= 0.3 is 6.09 Å². The molecule has 0 radical (unpaired) electrons. The van der Waals surface area contributed by atoms with Gasteiger partial charge in [0.15, 0.2) is 6.10 Å². The molecule has 1 fully saturated rings. The SMILES string of the molecule is O=C1NC[C@H](COc2ccccc2Cl)O1. The number of ether oxygens (including phenoxy) is 2. The van der Waals surface area contributed by atoms with Crippen molar-refractivity contribution >= 4 is 17.7 Å². The van der Waals surface area contributed by atoms with Crippen molar-refractivity contribution in [1.29, 1.82) is 0 Å². The van der Waals surface area contributed by atoms with E-state index in [4.69, 9.17) is 21.1 Å². The van der Waals surface area contributed by atoms with Gasteiger partial charge in [-0.25, -0.2) is 4.79 Å². The third-order valence-electron chi connectivity index (χ3n) is 2.01. The molecule has 80 valence electrons. The van der Waals surface area contributed by atoms with Gasteiger partial charge in [-0.05, 0) is 12.1 Å². The molecular formula is C10H10ClNO3. The minimum Gasteiger partial charge on any atom is -0.488 e. The average molecular weight is 228 g/mol. The highest BCUT2D eigenvalue weighted by Gasteiger charge is 2.23. The van der Waals surface area contributed by atoms with E-state index in [0.29, 0.717) is 23.9 Å². The molecule has 1 atom stereocenters. The van der Waals surface area contributed by atoms with Crippen LogP contribution < -0.4 is 10.1 Å². The number of nitrogens with one attached hydrogen (secondary N) is 1. The van der Waals surface area contributed by atoms with Crippen molar-refractivity contribution in [1.82, 2.24) is 5.32 Å². The van der Waals surface area contributed by atoms with Crippen molar-refractivity contribution in [2.45, 2.75) is 6.10 Å². The van der Waals surface area contributed by atoms with E-state index < -0.39 is 6.09 Å². The molecule has 0 bridgehead atoms. The van der Waals surface area contributed by atoms with Crippen molar-refractivity contribution in [3.8, 4) is 5.75 Å². The van der Waals surface area contributed by atoms with E-state index in [1.54, 1.807) is 12.1 Å². The summed E-state index contributed by atoms with van der Waals surface area (Å²) in [5, 5.41) is 3.10. The van der Waals surface area contributed by atoms with Gasteiger partial charge in [0.05, 0.1) is 11.6 Å². The highest BCUT2D eigenvalue weighted by atomic mass is 35.5. The Morgan fingerprint density at radius 3 is 3.00 bits per heavy atom. The van der Waals surface area contributed by atoms with Crippen LogP contribution in [0.5, 0.6) is 5.75 Å². The molecule has 15 heavy (non-hydrogen) atoms. The van der Waals surface area contributed by atoms with Gasteiger partial charge in [-0.2, -0.15) is 0 Å². The van der Waals surface area contributed by atoms with Crippen molar-refractivity contribution < 1.29 is 14.3 Å². The Labute approximate surface area is 92.1 Å². The van der Waals surface area contributed by atoms with Crippen LogP contribution in [-0.2, 0) is 4.74 Å². The first-order valence-electron chi connectivity index (χ1n) is 4.57. The molecule has 1 aromatic carbocycles. The number of carbonyl (C=O) groups is 1. The van der Waals surface area contributed by atoms with Crippen molar-refractivity contribution in [2.24, 2.45) is 0 Å². The second-order valence-corrected chi connectivity index (χ2v) is 3.56. The summed E-state index contributed by atoms with van der Waals surface area (Å²) in [5.74, 6) is 0.599. The Balaban J connectivity index is 1.88. The Morgan fingerprint density at radius 1 is 1.53 bits per heavy atom. The maximum Gasteiger partial charge on any atom is 0.407 e. The third kappa shape index (κ3) is 2.53. The highest BCUT2D eigenvalue weighted by molar-refractivity contribution is 6.32. The molecule has 0 aliphatic carbocycles. The molecule has 0 aromatic heterocycles. The lowest BCUT2D eigenvalue weighted by Crippen LogP contribution is -2.22. The smallest absolute Gasteiger partial charge is 0.407 e. The fraction of sp³-hybridized carbons (Fsp3) is 0.300. The molecule has 0 unspecified atom stereocenters. The van der Waals surface area contributed by atoms with E-state index in [1.165, 1.54) is 0 Å². The molecule has 1 amide bonds. The molecular weight excluding hydrogens is 218 g/mol. The van der Waals surface area contributed by atoms with Crippen molar-refractivity contribution in [3.05, 3.63) is 29.3 Å². The van der Waals surface area contributed by atoms with Gasteiger partial charge in [0, 0.05) is 0 Å². The first-order valence-corrected chi connectivity index (χ1v) is 4.95. The molecule has 1 saturated heterocycles. The average Bonchev–Trinajstić information content (AvgIpc) is 2.63. The molecule has 1 N–H and O–H groups in total. The van der Waals surface area contributed by atoms with Crippen LogP contribution in [0.3, 0.4) is 0 Å². The standard InChI is InChI=1S/C10H10ClNO3/c11-8-3-1-2-4-9(8)14-6-7-5-12-10(13)15-7/h1-4,7H,5-6H2,(H,12,13)/t7-/m1/s1. The zero-order valence-electron chi connectivity index (χ0n) is 7.90. The van der Waals surface area contributed by atoms with E-state index in [0.717, 1.165) is 0 Å². The van der Waals surface area contributed by atoms with Gasteiger partial charge in [-0.1, -0.05) is 23.7 Å². The van der Waals surface area contributed by atoms with Gasteiger partial charge < -0.3 is 14.8 Å². The molecule has 0 spiro atoms. The minimum absolute atomic E-state index is 0.242. The molecule has 4 nitrogen and oxygen atoms in total. The number of hydrogen-bond acceptors (Lipinski definition) is 3. The van der Waals surface area contributed by atoms with Crippen LogP contribution in [0.15, 0.2) is 24.3 Å². The largest absolute Gasteiger partial charge is 0.488 e. The Bertz CT molecular complexity index is 369. The van der Waals surface area contributed by atoms with Crippen LogP contribution >= 0.6 is 11.6 Å². The summed E-state index contributed by atoms with van der Waals surface area (Å²) < 4.78 is 10.3. The predicted octanol–water partition coefficient (Wildman–Crippen LogP) is 1.83. The zero-order chi connectivity index (χ0) is 10.7. The summed E-state index contributed by atoms with van der Waals surface area (Å²) in [6.07, 6.45) is -0.642. The fourth-order valence-electron chi connectivity index (χ4n) is 1.27. The molecule has 1 aliphatic rings. The first kappa shape index (κ1) is 10.1. The van der Waals surface area contributed by atoms with Gasteiger partial charge in [0.2, 0.25) is 0 Å². The number of rotatable bonds is 3. The topological polar surface area (TPSA) is 47.6 Å². The molecule has 5 heteroatoms. The quantitative estimate of drug-likeness (QED) is 0.857. The summed E-state index contributed by atoms with van der Waals surface area (Å²) in [4.78, 5) is 10.7. The van der Waals surface area contributed by atoms with Crippen molar-refractivity contribution in [2.75, 3.05) is 13.2 Å². The molecule has 1 aliphatic heterocycles. The lowest BCUT2D eigenvalue weighted by Gasteiger charge is -2.10. The number of para-hydroxylation sites is 1. The number of amides is 1. The third-order valence-corrected chi connectivity index (χ3v) is 2.32. The first-order chi connectivity index (χ1) is 7.25. The van der Waals surface area contributed by atoms with Crippen LogP contribution in [0.2, 0.25) is 5.02 Å². The molecule has 1 heterocycles. The number of halogens is 1. The Hall–Kier alpha value is -1.42. The van der Waals surface area contributed by atoms with Crippen LogP contribution in [0.1, 0.15) is 0 Å². The highest BCUT2D eigenvalue weighted by Crippen LogP contribution is 2.23. The van der Waals surface area contributed by atoms with E-state index in [9.17, 15) is 4.79 Å². The van der Waals surface area contributed by atoms with E-state index in [2.05, 4.69) is 5.32 Å². The van der Waals surface area contributed by atoms with Gasteiger partial charge in [0.25, 0.3) is 0 Å². The number of cyclic esters (lactones) is 1. The molecule has 1 aromatic rings. The normalized spacial score (nSPS) is 19.5. The Kier molecular flexibility index (Phi) is 2.97. The zero-order valence-corrected chi connectivity index (χ0v) is 8.66. The number of hydrogen-bond donors (Lipinski definition) is 1. The van der Waals surface area contributed by atoms with E-state index >= 15 is 0 Å². The fourth-order valence-corrected chi connectivity index (χ4v) is 1.46. The lowest BCUT2D eigenvalue weighted by molar-refractivity contribution is 0.105. The van der Waals surface area contributed by atoms with Gasteiger partial charge in [-0.3, -0.25) is 0 Å². The summed E-state index contributed by atoms with van der Waals surface area (Å²) in [7, 11) is 0. The van der Waals surface area contributed by atoms with Crippen LogP contribution in [0.25, 0.3) is 0 Å². The van der Waals surface area contributed by atoms with Crippen molar-refractivity contribution in [3.63, 3.8) is 0 Å². The summed E-state index contributed by atoms with van der Waals surface area (Å²) >= 11 is 5.89. The number of benzene rings is 1. The lowest BCUT2D eigenvalue weighted by atomic mass is 10.3. The number of alkyl carbamates (subject to hydrolysis) is 1. The number of carbonyl (C=O) groups excluding carboxylic acids is 1. The summed E-state index contributed by atoms with van der Waals surface area (Å²) in [5.41, 5.74) is 0. The van der Waals surface area contributed by atoms with Crippen LogP contribution in [-0.4, -0.2) is 25.3 Å². The van der Waals surface area contributed by atoms with Crippen LogP contribution in [0.4, 0.5) is 4.79 Å². The second kappa shape index (κ2) is 4.40. The predicted molar refractivity (Wildman–Crippen MR) is 55.2 cm³/mol. The maximum absolute atomic E-state index is 10.7. The van der Waals surface area contributed by atoms with Crippen LogP contribution in [0, 0.1) is 0 Å². The minimum atomic E-state index is -0.400. The second-order valence-electron chi connectivity index (χ2n) is 3.15. The summed E-state index contributed by atoms with van der Waals surface area (Å²) in [6, 6.07) is 7.18. The monoisotopic (exact) mass is 227 g/mol. The summed E-state index contributed by atoms with van der Waals surface area (Å²) in [6.45, 7) is 0.783. The Morgan fingerprint density at radius 2 is 2.33 bits per heavy atom.